The van der Waals surface area contributed by atoms with Crippen molar-refractivity contribution in [2.45, 2.75) is 18.4 Å². The van der Waals surface area contributed by atoms with Crippen LogP contribution in [0.15, 0.2) is 76.1 Å². The lowest BCUT2D eigenvalue weighted by molar-refractivity contribution is 0.590. The molecule has 0 bridgehead atoms. The lowest BCUT2D eigenvalue weighted by Crippen LogP contribution is -2.33. The van der Waals surface area contributed by atoms with E-state index in [1.54, 1.807) is 12.1 Å². The summed E-state index contributed by atoms with van der Waals surface area (Å²) in [7, 11) is -3.63. The predicted octanol–water partition coefficient (Wildman–Crippen LogP) is 5.13. The summed E-state index contributed by atoms with van der Waals surface area (Å²) >= 11 is 3.49. The van der Waals surface area contributed by atoms with Gasteiger partial charge < -0.3 is 0 Å². The minimum absolute atomic E-state index is 0.311. The molecule has 5 heteroatoms. The number of benzene rings is 3. The number of sulfonamides is 1. The standard InChI is InChI=1S/C20H16BrNO2S/c1-14-6-9-17(10-7-14)25(23,24)22-13-15-12-16(21)8-11-18(15)19-4-2-3-5-20(19)22/h2-12H,13H2,1H3. The zero-order valence-corrected chi connectivity index (χ0v) is 16.0. The molecule has 4 rings (SSSR count). The molecule has 0 atom stereocenters. The number of hydrogen-bond acceptors (Lipinski definition) is 2. The van der Waals surface area contributed by atoms with Gasteiger partial charge in [0.1, 0.15) is 0 Å². The molecule has 25 heavy (non-hydrogen) atoms. The highest BCUT2D eigenvalue weighted by atomic mass is 79.9. The smallest absolute Gasteiger partial charge is 0.261 e. The second-order valence-electron chi connectivity index (χ2n) is 6.14. The third-order valence-corrected chi connectivity index (χ3v) is 6.72. The van der Waals surface area contributed by atoms with Gasteiger partial charge in [-0.1, -0.05) is 57.9 Å². The van der Waals surface area contributed by atoms with Crippen molar-refractivity contribution in [2.24, 2.45) is 0 Å². The van der Waals surface area contributed by atoms with E-state index in [1.807, 2.05) is 61.5 Å². The van der Waals surface area contributed by atoms with E-state index in [2.05, 4.69) is 15.9 Å². The van der Waals surface area contributed by atoms with Crippen molar-refractivity contribution in [2.75, 3.05) is 4.31 Å². The molecule has 126 valence electrons. The van der Waals surface area contributed by atoms with Gasteiger partial charge in [0.05, 0.1) is 17.1 Å². The highest BCUT2D eigenvalue weighted by molar-refractivity contribution is 9.10. The first kappa shape index (κ1) is 16.4. The Hall–Kier alpha value is -2.11. The molecule has 1 aliphatic rings. The summed E-state index contributed by atoms with van der Waals surface area (Å²) < 4.78 is 29.0. The van der Waals surface area contributed by atoms with E-state index in [4.69, 9.17) is 0 Å². The van der Waals surface area contributed by atoms with Gasteiger partial charge in [-0.25, -0.2) is 8.42 Å². The summed E-state index contributed by atoms with van der Waals surface area (Å²) in [5.74, 6) is 0. The minimum atomic E-state index is -3.63. The van der Waals surface area contributed by atoms with Crippen LogP contribution in [0.4, 0.5) is 5.69 Å². The molecular formula is C20H16BrNO2S. The topological polar surface area (TPSA) is 37.4 Å². The molecule has 1 heterocycles. The Kier molecular flexibility index (Phi) is 3.93. The van der Waals surface area contributed by atoms with Gasteiger partial charge in [-0.2, -0.15) is 0 Å². The maximum absolute atomic E-state index is 13.3. The molecule has 3 nitrogen and oxygen atoms in total. The van der Waals surface area contributed by atoms with Crippen LogP contribution in [0.5, 0.6) is 0 Å². The fraction of sp³-hybridized carbons (Fsp3) is 0.100. The van der Waals surface area contributed by atoms with E-state index in [1.165, 1.54) is 4.31 Å². The number of nitrogens with zero attached hydrogens (tertiary/aromatic N) is 1. The highest BCUT2D eigenvalue weighted by Gasteiger charge is 2.31. The number of para-hydroxylation sites is 1. The molecule has 0 radical (unpaired) electrons. The first-order valence-electron chi connectivity index (χ1n) is 7.94. The van der Waals surface area contributed by atoms with Gasteiger partial charge in [-0.05, 0) is 48.4 Å². The first-order valence-corrected chi connectivity index (χ1v) is 10.2. The fourth-order valence-electron chi connectivity index (χ4n) is 3.17. The summed E-state index contributed by atoms with van der Waals surface area (Å²) in [5.41, 5.74) is 4.76. The first-order chi connectivity index (χ1) is 12.0. The number of fused-ring (bicyclic) bond motifs is 3. The van der Waals surface area contributed by atoms with Crippen molar-refractivity contribution in [3.63, 3.8) is 0 Å². The zero-order chi connectivity index (χ0) is 17.6. The predicted molar refractivity (Wildman–Crippen MR) is 104 cm³/mol. The lowest BCUT2D eigenvalue weighted by atomic mass is 9.95. The third-order valence-electron chi connectivity index (χ3n) is 4.45. The second-order valence-corrected chi connectivity index (χ2v) is 8.92. The van der Waals surface area contributed by atoms with Crippen LogP contribution in [0.1, 0.15) is 11.1 Å². The molecule has 3 aromatic carbocycles. The van der Waals surface area contributed by atoms with Crippen molar-refractivity contribution in [1.82, 2.24) is 0 Å². The number of anilines is 1. The Morgan fingerprint density at radius 3 is 2.40 bits per heavy atom. The average molecular weight is 414 g/mol. The quantitative estimate of drug-likeness (QED) is 0.583. The normalized spacial score (nSPS) is 13.3. The summed E-state index contributed by atoms with van der Waals surface area (Å²) in [6.45, 7) is 2.27. The number of halogens is 1. The Balaban J connectivity index is 1.90. The lowest BCUT2D eigenvalue weighted by Gasteiger charge is -2.32. The van der Waals surface area contributed by atoms with Crippen molar-refractivity contribution in [1.29, 1.82) is 0 Å². The second kappa shape index (κ2) is 6.00. The summed E-state index contributed by atoms with van der Waals surface area (Å²) in [4.78, 5) is 0.311. The van der Waals surface area contributed by atoms with Crippen molar-refractivity contribution in [3.05, 3.63) is 82.3 Å². The fourth-order valence-corrected chi connectivity index (χ4v) is 5.04. The summed E-state index contributed by atoms with van der Waals surface area (Å²) in [6, 6.07) is 20.7. The molecule has 0 unspecified atom stereocenters. The van der Waals surface area contributed by atoms with Crippen LogP contribution < -0.4 is 4.31 Å². The number of rotatable bonds is 2. The SMILES string of the molecule is Cc1ccc(S(=O)(=O)N2Cc3cc(Br)ccc3-c3ccccc32)cc1. The Morgan fingerprint density at radius 1 is 0.920 bits per heavy atom. The van der Waals surface area contributed by atoms with E-state index in [0.29, 0.717) is 11.4 Å². The van der Waals surface area contributed by atoms with E-state index in [-0.39, 0.29) is 0 Å². The molecule has 0 saturated carbocycles. The maximum Gasteiger partial charge on any atom is 0.264 e. The molecular weight excluding hydrogens is 398 g/mol. The van der Waals surface area contributed by atoms with E-state index in [0.717, 1.165) is 32.4 Å². The Labute approximate surface area is 156 Å². The number of hydrogen-bond donors (Lipinski definition) is 0. The van der Waals surface area contributed by atoms with Crippen LogP contribution in [-0.4, -0.2) is 8.42 Å². The van der Waals surface area contributed by atoms with Gasteiger partial charge in [0, 0.05) is 10.0 Å². The molecule has 0 aliphatic carbocycles. The zero-order valence-electron chi connectivity index (χ0n) is 13.6. The monoisotopic (exact) mass is 413 g/mol. The molecule has 0 N–H and O–H groups in total. The van der Waals surface area contributed by atoms with Crippen LogP contribution in [0, 0.1) is 6.92 Å². The highest BCUT2D eigenvalue weighted by Crippen LogP contribution is 2.42. The van der Waals surface area contributed by atoms with Gasteiger partial charge in [0.25, 0.3) is 10.0 Å². The van der Waals surface area contributed by atoms with Crippen LogP contribution in [0.3, 0.4) is 0 Å². The molecule has 0 aromatic heterocycles. The van der Waals surface area contributed by atoms with Gasteiger partial charge in [-0.15, -0.1) is 0 Å². The van der Waals surface area contributed by atoms with Gasteiger partial charge in [0.15, 0.2) is 0 Å². The van der Waals surface area contributed by atoms with Crippen LogP contribution in [-0.2, 0) is 16.6 Å². The third kappa shape index (κ3) is 2.77. The minimum Gasteiger partial charge on any atom is -0.261 e. The maximum atomic E-state index is 13.3. The van der Waals surface area contributed by atoms with Crippen LogP contribution in [0.25, 0.3) is 11.1 Å². The molecule has 0 saturated heterocycles. The molecule has 0 fully saturated rings. The summed E-state index contributed by atoms with van der Waals surface area (Å²) in [5, 5.41) is 0. The number of aryl methyl sites for hydroxylation is 1. The van der Waals surface area contributed by atoms with Crippen molar-refractivity contribution < 1.29 is 8.42 Å². The molecule has 0 spiro atoms. The van der Waals surface area contributed by atoms with Crippen LogP contribution >= 0.6 is 15.9 Å². The van der Waals surface area contributed by atoms with Gasteiger partial charge in [0.2, 0.25) is 0 Å². The van der Waals surface area contributed by atoms with E-state index >= 15 is 0 Å². The largest absolute Gasteiger partial charge is 0.264 e. The van der Waals surface area contributed by atoms with Crippen LogP contribution in [0.2, 0.25) is 0 Å². The molecule has 1 aliphatic heterocycles. The Morgan fingerprint density at radius 2 is 1.64 bits per heavy atom. The Bertz CT molecular complexity index is 1060. The average Bonchev–Trinajstić information content (AvgIpc) is 2.61. The van der Waals surface area contributed by atoms with Gasteiger partial charge in [-0.3, -0.25) is 4.31 Å². The molecule has 3 aromatic rings. The van der Waals surface area contributed by atoms with Crippen molar-refractivity contribution in [3.8, 4) is 11.1 Å². The summed E-state index contributed by atoms with van der Waals surface area (Å²) in [6.07, 6.45) is 0. The van der Waals surface area contributed by atoms with E-state index in [9.17, 15) is 8.42 Å². The van der Waals surface area contributed by atoms with Gasteiger partial charge >= 0.3 is 0 Å². The van der Waals surface area contributed by atoms with E-state index < -0.39 is 10.0 Å². The van der Waals surface area contributed by atoms with Crippen molar-refractivity contribution >= 4 is 31.6 Å². The molecule has 0 amide bonds.